The van der Waals surface area contributed by atoms with E-state index in [0.29, 0.717) is 18.0 Å². The van der Waals surface area contributed by atoms with Gasteiger partial charge in [0.15, 0.2) is 6.10 Å². The first kappa shape index (κ1) is 22.1. The van der Waals surface area contributed by atoms with Crippen molar-refractivity contribution in [1.29, 1.82) is 0 Å². The average Bonchev–Trinajstić information content (AvgIpc) is 3.05. The Balaban J connectivity index is 1.48. The fraction of sp³-hybridized carbons (Fsp3) is 0.292. The van der Waals surface area contributed by atoms with Crippen LogP contribution in [0.4, 0.5) is 5.69 Å². The molecule has 0 spiro atoms. The second kappa shape index (κ2) is 9.93. The number of nitrogens with one attached hydrogen (secondary N) is 1. The molecule has 0 unspecified atom stereocenters. The number of hydrogen-bond donors (Lipinski definition) is 1. The molecule has 0 fully saturated rings. The molecule has 0 saturated heterocycles. The Hall–Kier alpha value is -3.61. The van der Waals surface area contributed by atoms with Crippen LogP contribution in [-0.2, 0) is 27.4 Å². The molecule has 3 rings (SSSR count). The molecule has 7 heteroatoms. The summed E-state index contributed by atoms with van der Waals surface area (Å²) in [6.07, 6.45) is -0.836. The van der Waals surface area contributed by atoms with Gasteiger partial charge in [-0.1, -0.05) is 29.4 Å². The van der Waals surface area contributed by atoms with Crippen molar-refractivity contribution in [3.63, 3.8) is 0 Å². The maximum Gasteiger partial charge on any atom is 0.311 e. The molecular formula is C24H26N2O5. The van der Waals surface area contributed by atoms with Gasteiger partial charge in [0.1, 0.15) is 18.1 Å². The highest BCUT2D eigenvalue weighted by Crippen LogP contribution is 2.18. The first-order chi connectivity index (χ1) is 14.8. The zero-order chi connectivity index (χ0) is 22.4. The highest BCUT2D eigenvalue weighted by molar-refractivity contribution is 5.95. The van der Waals surface area contributed by atoms with Gasteiger partial charge in [0, 0.05) is 5.69 Å². The van der Waals surface area contributed by atoms with Crippen LogP contribution >= 0.6 is 0 Å². The van der Waals surface area contributed by atoms with Gasteiger partial charge in [-0.15, -0.1) is 0 Å². The van der Waals surface area contributed by atoms with Gasteiger partial charge < -0.3 is 19.3 Å². The second-order valence-corrected chi connectivity index (χ2v) is 7.40. The van der Waals surface area contributed by atoms with Crippen molar-refractivity contribution in [3.05, 3.63) is 76.7 Å². The molecule has 1 heterocycles. The van der Waals surface area contributed by atoms with E-state index in [2.05, 4.69) is 10.5 Å². The fourth-order valence-corrected chi connectivity index (χ4v) is 2.99. The molecule has 7 nitrogen and oxygen atoms in total. The van der Waals surface area contributed by atoms with E-state index in [0.717, 1.165) is 28.1 Å². The van der Waals surface area contributed by atoms with Crippen LogP contribution in [0, 0.1) is 20.8 Å². The third-order valence-corrected chi connectivity index (χ3v) is 4.80. The van der Waals surface area contributed by atoms with Crippen molar-refractivity contribution in [2.45, 2.75) is 46.8 Å². The van der Waals surface area contributed by atoms with Crippen molar-refractivity contribution in [2.24, 2.45) is 0 Å². The van der Waals surface area contributed by atoms with Gasteiger partial charge in [0.25, 0.3) is 5.91 Å². The zero-order valence-corrected chi connectivity index (χ0v) is 18.1. The number of aromatic nitrogens is 1. The van der Waals surface area contributed by atoms with Crippen molar-refractivity contribution in [2.75, 3.05) is 5.32 Å². The fourth-order valence-electron chi connectivity index (χ4n) is 2.99. The predicted octanol–water partition coefficient (Wildman–Crippen LogP) is 4.29. The lowest BCUT2D eigenvalue weighted by Crippen LogP contribution is -2.30. The van der Waals surface area contributed by atoms with Crippen molar-refractivity contribution in [3.8, 4) is 5.75 Å². The lowest BCUT2D eigenvalue weighted by Gasteiger charge is -2.14. The normalized spacial score (nSPS) is 11.6. The number of rotatable bonds is 8. The van der Waals surface area contributed by atoms with Gasteiger partial charge in [-0.3, -0.25) is 9.59 Å². The van der Waals surface area contributed by atoms with Crippen molar-refractivity contribution >= 4 is 17.6 Å². The Bertz CT molecular complexity index is 1040. The van der Waals surface area contributed by atoms with Crippen LogP contribution in [0.25, 0.3) is 0 Å². The Morgan fingerprint density at radius 1 is 1.10 bits per heavy atom. The van der Waals surface area contributed by atoms with Crippen molar-refractivity contribution < 1.29 is 23.6 Å². The minimum atomic E-state index is -0.898. The van der Waals surface area contributed by atoms with Gasteiger partial charge in [0.05, 0.1) is 17.7 Å². The molecule has 0 aliphatic rings. The summed E-state index contributed by atoms with van der Waals surface area (Å²) in [5.74, 6) is 0.554. The zero-order valence-electron chi connectivity index (χ0n) is 18.1. The first-order valence-corrected chi connectivity index (χ1v) is 10.0. The Labute approximate surface area is 181 Å². The Morgan fingerprint density at radius 3 is 2.48 bits per heavy atom. The molecule has 0 aliphatic heterocycles. The summed E-state index contributed by atoms with van der Waals surface area (Å²) in [5.41, 5.74) is 4.19. The standard InChI is InChI=1S/C24H26N2O5/c1-15-6-5-7-20(12-15)25-24(28)18(4)30-23(27)13-19-8-10-21(11-9-19)29-14-22-16(2)26-31-17(22)3/h5-12,18H,13-14H2,1-4H3,(H,25,28)/t18-/m0/s1. The highest BCUT2D eigenvalue weighted by Gasteiger charge is 2.18. The number of carbonyl (C=O) groups is 2. The van der Waals surface area contributed by atoms with E-state index in [1.807, 2.05) is 39.0 Å². The molecule has 1 N–H and O–H groups in total. The molecule has 1 aromatic heterocycles. The molecule has 3 aromatic rings. The van der Waals surface area contributed by atoms with E-state index < -0.39 is 12.1 Å². The number of carbonyl (C=O) groups excluding carboxylic acids is 2. The largest absolute Gasteiger partial charge is 0.489 e. The van der Waals surface area contributed by atoms with Gasteiger partial charge in [-0.05, 0) is 63.1 Å². The quantitative estimate of drug-likeness (QED) is 0.545. The van der Waals surface area contributed by atoms with E-state index in [1.54, 1.807) is 37.3 Å². The molecule has 0 radical (unpaired) electrons. The highest BCUT2D eigenvalue weighted by atomic mass is 16.5. The number of ether oxygens (including phenoxy) is 2. The van der Waals surface area contributed by atoms with E-state index >= 15 is 0 Å². The topological polar surface area (TPSA) is 90.7 Å². The number of benzene rings is 2. The lowest BCUT2D eigenvalue weighted by molar-refractivity contribution is -0.152. The summed E-state index contributed by atoms with van der Waals surface area (Å²) in [6, 6.07) is 14.6. The molecule has 1 atom stereocenters. The number of hydrogen-bond acceptors (Lipinski definition) is 6. The second-order valence-electron chi connectivity index (χ2n) is 7.40. The van der Waals surface area contributed by atoms with E-state index in [-0.39, 0.29) is 12.3 Å². The van der Waals surface area contributed by atoms with Gasteiger partial charge in [-0.25, -0.2) is 0 Å². The van der Waals surface area contributed by atoms with Crippen LogP contribution in [-0.4, -0.2) is 23.1 Å². The summed E-state index contributed by atoms with van der Waals surface area (Å²) in [5, 5.41) is 6.65. The van der Waals surface area contributed by atoms with Crippen LogP contribution in [0.1, 0.15) is 35.1 Å². The van der Waals surface area contributed by atoms with E-state index in [4.69, 9.17) is 14.0 Å². The first-order valence-electron chi connectivity index (χ1n) is 10.0. The lowest BCUT2D eigenvalue weighted by atomic mass is 10.1. The van der Waals surface area contributed by atoms with Crippen LogP contribution in [0.3, 0.4) is 0 Å². The van der Waals surface area contributed by atoms with Crippen molar-refractivity contribution in [1.82, 2.24) is 5.16 Å². The number of anilines is 1. The molecular weight excluding hydrogens is 396 g/mol. The molecule has 0 saturated carbocycles. The van der Waals surface area contributed by atoms with Crippen LogP contribution in [0.2, 0.25) is 0 Å². The van der Waals surface area contributed by atoms with Gasteiger partial charge >= 0.3 is 5.97 Å². The third-order valence-electron chi connectivity index (χ3n) is 4.80. The predicted molar refractivity (Wildman–Crippen MR) is 116 cm³/mol. The summed E-state index contributed by atoms with van der Waals surface area (Å²) in [4.78, 5) is 24.5. The van der Waals surface area contributed by atoms with Gasteiger partial charge in [-0.2, -0.15) is 0 Å². The molecule has 0 aliphatic carbocycles. The minimum Gasteiger partial charge on any atom is -0.489 e. The SMILES string of the molecule is Cc1cccc(NC(=O)[C@H](C)OC(=O)Cc2ccc(OCc3c(C)noc3C)cc2)c1. The molecule has 2 aromatic carbocycles. The maximum atomic E-state index is 12.3. The summed E-state index contributed by atoms with van der Waals surface area (Å²) < 4.78 is 16.2. The molecule has 1 amide bonds. The summed E-state index contributed by atoms with van der Waals surface area (Å²) >= 11 is 0. The van der Waals surface area contributed by atoms with Crippen LogP contribution in [0.15, 0.2) is 53.1 Å². The number of esters is 1. The number of nitrogens with zero attached hydrogens (tertiary/aromatic N) is 1. The van der Waals surface area contributed by atoms with E-state index in [9.17, 15) is 9.59 Å². The number of amides is 1. The number of aryl methyl sites for hydroxylation is 3. The van der Waals surface area contributed by atoms with E-state index in [1.165, 1.54) is 0 Å². The van der Waals surface area contributed by atoms with Crippen LogP contribution < -0.4 is 10.1 Å². The smallest absolute Gasteiger partial charge is 0.311 e. The molecule has 0 bridgehead atoms. The monoisotopic (exact) mass is 422 g/mol. The average molecular weight is 422 g/mol. The maximum absolute atomic E-state index is 12.3. The van der Waals surface area contributed by atoms with Crippen LogP contribution in [0.5, 0.6) is 5.75 Å². The summed E-state index contributed by atoms with van der Waals surface area (Å²) in [6.45, 7) is 7.55. The molecule has 31 heavy (non-hydrogen) atoms. The van der Waals surface area contributed by atoms with Gasteiger partial charge in [0.2, 0.25) is 0 Å². The Morgan fingerprint density at radius 2 is 1.84 bits per heavy atom. The Kier molecular flexibility index (Phi) is 7.07. The third kappa shape index (κ3) is 6.18. The summed E-state index contributed by atoms with van der Waals surface area (Å²) in [7, 11) is 0. The minimum absolute atomic E-state index is 0.0617. The molecule has 162 valence electrons.